The molecular weight excluding hydrogens is 178 g/mol. The molecule has 4 N–H and O–H groups in total. The summed E-state index contributed by atoms with van der Waals surface area (Å²) in [5.74, 6) is 0.393. The van der Waals surface area contributed by atoms with Crippen LogP contribution in [0.3, 0.4) is 0 Å². The highest BCUT2D eigenvalue weighted by Crippen LogP contribution is 2.26. The Hall–Kier alpha value is -1.54. The molecule has 0 atom stereocenters. The maximum Gasteiger partial charge on any atom is 0.139 e. The molecule has 5 heteroatoms. The summed E-state index contributed by atoms with van der Waals surface area (Å²) in [4.78, 5) is 0. The van der Waals surface area contributed by atoms with E-state index in [-0.39, 0.29) is 5.41 Å². The zero-order chi connectivity index (χ0) is 10.9. The van der Waals surface area contributed by atoms with Gasteiger partial charge in [0.1, 0.15) is 17.5 Å². The predicted octanol–water partition coefficient (Wildman–Crippen LogP) is 0.110. The number of aromatic nitrogens is 2. The quantitative estimate of drug-likeness (QED) is 0.697. The Balaban J connectivity index is 3.37. The lowest BCUT2D eigenvalue weighted by atomic mass is 9.87. The number of hydrogen-bond donors (Lipinski definition) is 2. The molecule has 0 spiro atoms. The van der Waals surface area contributed by atoms with Gasteiger partial charge >= 0.3 is 0 Å². The summed E-state index contributed by atoms with van der Waals surface area (Å²) in [5.41, 5.74) is 12.1. The average molecular weight is 193 g/mol. The van der Waals surface area contributed by atoms with Gasteiger partial charge in [0.2, 0.25) is 0 Å². The van der Waals surface area contributed by atoms with E-state index >= 15 is 0 Å². The molecule has 1 rings (SSSR count). The molecule has 5 nitrogen and oxygen atoms in total. The van der Waals surface area contributed by atoms with E-state index in [1.165, 1.54) is 4.68 Å². The second-order valence-corrected chi connectivity index (χ2v) is 3.93. The lowest BCUT2D eigenvalue weighted by Gasteiger charge is -2.19. The fourth-order valence-corrected chi connectivity index (χ4v) is 1.22. The minimum absolute atomic E-state index is 0.319. The number of nitrogen functional groups attached to an aromatic ring is 1. The van der Waals surface area contributed by atoms with Gasteiger partial charge in [0.15, 0.2) is 0 Å². The zero-order valence-corrected chi connectivity index (χ0v) is 8.70. The molecule has 0 unspecified atom stereocenters. The van der Waals surface area contributed by atoms with Gasteiger partial charge < -0.3 is 11.5 Å². The van der Waals surface area contributed by atoms with E-state index in [0.717, 1.165) is 0 Å². The number of rotatable bonds is 2. The molecule has 0 radical (unpaired) electrons. The fraction of sp³-hybridized carbons (Fsp3) is 0.556. The monoisotopic (exact) mass is 193 g/mol. The molecule has 1 aromatic heterocycles. The number of anilines is 1. The second-order valence-electron chi connectivity index (χ2n) is 3.93. The van der Waals surface area contributed by atoms with E-state index in [9.17, 15) is 0 Å². The van der Waals surface area contributed by atoms with E-state index in [1.54, 1.807) is 7.05 Å². The molecule has 1 heterocycles. The van der Waals surface area contributed by atoms with Crippen LogP contribution in [-0.2, 0) is 12.5 Å². The maximum absolute atomic E-state index is 8.95. The summed E-state index contributed by atoms with van der Waals surface area (Å²) in [6.07, 6.45) is 0. The van der Waals surface area contributed by atoms with E-state index < -0.39 is 0 Å². The Labute approximate surface area is 83.3 Å². The Bertz CT molecular complexity index is 383. The largest absolute Gasteiger partial charge is 0.383 e. The third kappa shape index (κ3) is 1.44. The molecule has 0 fully saturated rings. The Morgan fingerprint density at radius 1 is 1.57 bits per heavy atom. The van der Waals surface area contributed by atoms with E-state index in [1.807, 2.05) is 13.8 Å². The molecule has 0 amide bonds. The van der Waals surface area contributed by atoms with Gasteiger partial charge in [-0.25, -0.2) is 0 Å². The van der Waals surface area contributed by atoms with Crippen LogP contribution in [0.4, 0.5) is 5.82 Å². The number of nitrogens with two attached hydrogens (primary N) is 2. The van der Waals surface area contributed by atoms with Crippen molar-refractivity contribution in [1.29, 1.82) is 5.26 Å². The van der Waals surface area contributed by atoms with Crippen molar-refractivity contribution in [2.45, 2.75) is 19.3 Å². The van der Waals surface area contributed by atoms with Crippen molar-refractivity contribution >= 4 is 5.82 Å². The number of aryl methyl sites for hydroxylation is 1. The summed E-state index contributed by atoms with van der Waals surface area (Å²) < 4.78 is 1.51. The Kier molecular flexibility index (Phi) is 2.49. The van der Waals surface area contributed by atoms with Gasteiger partial charge in [-0.3, -0.25) is 4.68 Å². The van der Waals surface area contributed by atoms with Gasteiger partial charge in [-0.15, -0.1) is 0 Å². The van der Waals surface area contributed by atoms with Gasteiger partial charge in [-0.05, 0) is 0 Å². The van der Waals surface area contributed by atoms with E-state index in [0.29, 0.717) is 23.6 Å². The molecule has 14 heavy (non-hydrogen) atoms. The first-order chi connectivity index (χ1) is 6.44. The molecule has 0 bridgehead atoms. The first kappa shape index (κ1) is 10.5. The highest BCUT2D eigenvalue weighted by Gasteiger charge is 2.27. The van der Waals surface area contributed by atoms with Gasteiger partial charge in [0.05, 0.1) is 5.69 Å². The van der Waals surface area contributed by atoms with Gasteiger partial charge in [-0.2, -0.15) is 10.4 Å². The van der Waals surface area contributed by atoms with Gasteiger partial charge in [0.25, 0.3) is 0 Å². The van der Waals surface area contributed by atoms with Crippen molar-refractivity contribution in [3.63, 3.8) is 0 Å². The number of nitriles is 1. The first-order valence-corrected chi connectivity index (χ1v) is 4.37. The third-order valence-corrected chi connectivity index (χ3v) is 2.35. The lowest BCUT2D eigenvalue weighted by Crippen LogP contribution is -2.29. The summed E-state index contributed by atoms with van der Waals surface area (Å²) >= 11 is 0. The van der Waals surface area contributed by atoms with E-state index in [4.69, 9.17) is 16.7 Å². The summed E-state index contributed by atoms with van der Waals surface area (Å²) in [5, 5.41) is 13.2. The highest BCUT2D eigenvalue weighted by molar-refractivity contribution is 5.53. The van der Waals surface area contributed by atoms with Gasteiger partial charge in [-0.1, -0.05) is 13.8 Å². The van der Waals surface area contributed by atoms with Crippen LogP contribution in [0.15, 0.2) is 0 Å². The van der Waals surface area contributed by atoms with Crippen LogP contribution in [0, 0.1) is 11.3 Å². The highest BCUT2D eigenvalue weighted by atomic mass is 15.3. The van der Waals surface area contributed by atoms with E-state index in [2.05, 4.69) is 11.2 Å². The maximum atomic E-state index is 8.95. The van der Waals surface area contributed by atoms with Crippen molar-refractivity contribution in [3.8, 4) is 6.07 Å². The molecular formula is C9H15N5. The van der Waals surface area contributed by atoms with Crippen LogP contribution in [-0.4, -0.2) is 16.3 Å². The predicted molar refractivity (Wildman–Crippen MR) is 54.4 cm³/mol. The normalized spacial score (nSPS) is 11.4. The summed E-state index contributed by atoms with van der Waals surface area (Å²) in [7, 11) is 1.71. The Morgan fingerprint density at radius 2 is 2.14 bits per heavy atom. The second kappa shape index (κ2) is 3.31. The SMILES string of the molecule is Cn1nc(C(C)(C)CN)c(C#N)c1N. The number of hydrogen-bond acceptors (Lipinski definition) is 4. The molecule has 0 aliphatic heterocycles. The topological polar surface area (TPSA) is 93.6 Å². The van der Waals surface area contributed by atoms with Crippen molar-refractivity contribution in [2.24, 2.45) is 12.8 Å². The van der Waals surface area contributed by atoms with Crippen molar-refractivity contribution in [1.82, 2.24) is 9.78 Å². The summed E-state index contributed by atoms with van der Waals surface area (Å²) in [6, 6.07) is 2.06. The summed E-state index contributed by atoms with van der Waals surface area (Å²) in [6.45, 7) is 4.31. The van der Waals surface area contributed by atoms with Gasteiger partial charge in [0, 0.05) is 19.0 Å². The van der Waals surface area contributed by atoms with Crippen LogP contribution in [0.1, 0.15) is 25.1 Å². The first-order valence-electron chi connectivity index (χ1n) is 4.37. The smallest absolute Gasteiger partial charge is 0.139 e. The zero-order valence-electron chi connectivity index (χ0n) is 8.70. The minimum atomic E-state index is -0.319. The van der Waals surface area contributed by atoms with Crippen LogP contribution in [0.25, 0.3) is 0 Å². The third-order valence-electron chi connectivity index (χ3n) is 2.35. The van der Waals surface area contributed by atoms with Crippen molar-refractivity contribution < 1.29 is 0 Å². The van der Waals surface area contributed by atoms with Crippen LogP contribution >= 0.6 is 0 Å². The lowest BCUT2D eigenvalue weighted by molar-refractivity contribution is 0.510. The minimum Gasteiger partial charge on any atom is -0.383 e. The fourth-order valence-electron chi connectivity index (χ4n) is 1.22. The van der Waals surface area contributed by atoms with Crippen LogP contribution < -0.4 is 11.5 Å². The molecule has 0 aromatic carbocycles. The molecule has 0 aliphatic rings. The molecule has 0 saturated carbocycles. The van der Waals surface area contributed by atoms with Crippen molar-refractivity contribution in [2.75, 3.05) is 12.3 Å². The molecule has 76 valence electrons. The molecule has 1 aromatic rings. The standard InChI is InChI=1S/C9H15N5/c1-9(2,5-11)7-6(4-10)8(12)14(3)13-7/h5,11-12H2,1-3H3. The van der Waals surface area contributed by atoms with Crippen LogP contribution in [0.5, 0.6) is 0 Å². The Morgan fingerprint density at radius 3 is 2.57 bits per heavy atom. The average Bonchev–Trinajstić information content (AvgIpc) is 2.44. The molecule has 0 aliphatic carbocycles. The van der Waals surface area contributed by atoms with Crippen LogP contribution in [0.2, 0.25) is 0 Å². The molecule has 0 saturated heterocycles. The van der Waals surface area contributed by atoms with Crippen molar-refractivity contribution in [3.05, 3.63) is 11.3 Å². The number of nitrogens with zero attached hydrogens (tertiary/aromatic N) is 3.